The van der Waals surface area contributed by atoms with Crippen molar-refractivity contribution < 1.29 is 0 Å². The molecule has 0 spiro atoms. The van der Waals surface area contributed by atoms with E-state index in [0.29, 0.717) is 17.5 Å². The van der Waals surface area contributed by atoms with Crippen molar-refractivity contribution in [2.75, 3.05) is 0 Å². The Balaban J connectivity index is 1.14. The maximum absolute atomic E-state index is 5.62. The summed E-state index contributed by atoms with van der Waals surface area (Å²) in [5, 5.41) is 5.92. The van der Waals surface area contributed by atoms with Gasteiger partial charge in [-0.15, -0.1) is 0 Å². The first kappa shape index (κ1) is 33.9. The SMILES string of the molecule is c1ccc(-c2nc(-c3ccccc3)nc(-c3ccc(-c4nc(-c5ccccc5)c5c6c(ccc7c8ccccc8n(-c8ccccc8)c76)c6ccccc6n45)cc3)n2)cc1. The van der Waals surface area contributed by atoms with E-state index in [1.165, 1.54) is 21.7 Å². The van der Waals surface area contributed by atoms with E-state index < -0.39 is 0 Å². The number of aromatic nitrogens is 6. The Labute approximate surface area is 345 Å². The lowest BCUT2D eigenvalue weighted by Gasteiger charge is -2.15. The summed E-state index contributed by atoms with van der Waals surface area (Å²) in [6.07, 6.45) is 0. The summed E-state index contributed by atoms with van der Waals surface area (Å²) in [6.45, 7) is 0. The summed E-state index contributed by atoms with van der Waals surface area (Å²) >= 11 is 0. The van der Waals surface area contributed by atoms with Crippen molar-refractivity contribution in [1.29, 1.82) is 0 Å². The highest BCUT2D eigenvalue weighted by Gasteiger charge is 2.25. The Kier molecular flexibility index (Phi) is 7.74. The largest absolute Gasteiger partial charge is 0.309 e. The van der Waals surface area contributed by atoms with Gasteiger partial charge in [0, 0.05) is 55.0 Å². The predicted molar refractivity (Wildman–Crippen MR) is 245 cm³/mol. The molecular formula is C54H34N6. The Morgan fingerprint density at radius 3 is 1.35 bits per heavy atom. The summed E-state index contributed by atoms with van der Waals surface area (Å²) in [4.78, 5) is 20.5. The number of benzene rings is 8. The molecule has 0 amide bonds. The smallest absolute Gasteiger partial charge is 0.164 e. The summed E-state index contributed by atoms with van der Waals surface area (Å²) in [6, 6.07) is 72.0. The summed E-state index contributed by atoms with van der Waals surface area (Å²) in [7, 11) is 0. The van der Waals surface area contributed by atoms with Gasteiger partial charge in [0.1, 0.15) is 5.82 Å². The number of pyridine rings is 1. The molecule has 0 aliphatic heterocycles. The Morgan fingerprint density at radius 1 is 0.300 bits per heavy atom. The van der Waals surface area contributed by atoms with Gasteiger partial charge in [-0.05, 0) is 29.7 Å². The van der Waals surface area contributed by atoms with Crippen molar-refractivity contribution in [2.45, 2.75) is 0 Å². The molecule has 0 saturated carbocycles. The second-order valence-electron chi connectivity index (χ2n) is 15.0. The van der Waals surface area contributed by atoms with Crippen LogP contribution in [-0.2, 0) is 0 Å². The molecule has 8 aromatic carbocycles. The number of rotatable bonds is 6. The molecule has 0 aliphatic carbocycles. The van der Waals surface area contributed by atoms with Crippen LogP contribution in [0.5, 0.6) is 0 Å². The van der Waals surface area contributed by atoms with Crippen LogP contribution in [0.15, 0.2) is 206 Å². The lowest BCUT2D eigenvalue weighted by atomic mass is 9.99. The van der Waals surface area contributed by atoms with Crippen LogP contribution in [0.25, 0.3) is 111 Å². The molecule has 0 unspecified atom stereocenters. The highest BCUT2D eigenvalue weighted by molar-refractivity contribution is 6.28. The van der Waals surface area contributed by atoms with Gasteiger partial charge in [-0.2, -0.15) is 0 Å². The van der Waals surface area contributed by atoms with Crippen LogP contribution in [0, 0.1) is 0 Å². The quantitative estimate of drug-likeness (QED) is 0.158. The highest BCUT2D eigenvalue weighted by Crippen LogP contribution is 2.45. The zero-order chi connectivity index (χ0) is 39.6. The van der Waals surface area contributed by atoms with E-state index in [-0.39, 0.29) is 0 Å². The lowest BCUT2D eigenvalue weighted by molar-refractivity contribution is 1.07. The van der Waals surface area contributed by atoms with E-state index in [9.17, 15) is 0 Å². The maximum atomic E-state index is 5.62. The molecule has 0 N–H and O–H groups in total. The van der Waals surface area contributed by atoms with Crippen molar-refractivity contribution in [1.82, 2.24) is 28.9 Å². The molecule has 60 heavy (non-hydrogen) atoms. The number of nitrogens with zero attached hydrogens (tertiary/aromatic N) is 6. The van der Waals surface area contributed by atoms with E-state index in [1.807, 2.05) is 60.7 Å². The standard InChI is InChI=1S/C54H34N6/c1-5-17-35(18-6-1)48-50-47-43(33-34-44-42-26-14-15-27-45(42)59(49(44)47)40-23-11-4-12-24-40)41-25-13-16-28-46(41)60(50)54(55-48)39-31-29-38(30-32-39)53-57-51(36-19-7-2-8-20-36)56-52(58-53)37-21-9-3-10-22-37/h1-34H. The molecule has 12 rings (SSSR count). The molecule has 6 heteroatoms. The van der Waals surface area contributed by atoms with Gasteiger partial charge in [-0.3, -0.25) is 4.40 Å². The second-order valence-corrected chi connectivity index (χ2v) is 15.0. The predicted octanol–water partition coefficient (Wildman–Crippen LogP) is 13.3. The lowest BCUT2D eigenvalue weighted by Crippen LogP contribution is -2.00. The number of hydrogen-bond acceptors (Lipinski definition) is 4. The summed E-state index contributed by atoms with van der Waals surface area (Å²) in [5.41, 5.74) is 11.3. The first-order valence-electron chi connectivity index (χ1n) is 20.2. The fraction of sp³-hybridized carbons (Fsp3) is 0. The molecule has 0 radical (unpaired) electrons. The summed E-state index contributed by atoms with van der Waals surface area (Å²) in [5.74, 6) is 2.74. The topological polar surface area (TPSA) is 60.9 Å². The van der Waals surface area contributed by atoms with Crippen molar-refractivity contribution in [3.05, 3.63) is 206 Å². The van der Waals surface area contributed by atoms with Crippen LogP contribution in [0.3, 0.4) is 0 Å². The number of fused-ring (bicyclic) bond motifs is 10. The van der Waals surface area contributed by atoms with Crippen molar-refractivity contribution in [2.24, 2.45) is 0 Å². The minimum absolute atomic E-state index is 0.611. The van der Waals surface area contributed by atoms with Crippen molar-refractivity contribution >= 4 is 49.0 Å². The van der Waals surface area contributed by atoms with Crippen LogP contribution >= 0.6 is 0 Å². The maximum Gasteiger partial charge on any atom is 0.164 e. The molecule has 4 heterocycles. The zero-order valence-corrected chi connectivity index (χ0v) is 32.3. The summed E-state index contributed by atoms with van der Waals surface area (Å²) < 4.78 is 4.81. The number of imidazole rings is 1. The van der Waals surface area contributed by atoms with E-state index in [1.54, 1.807) is 0 Å². The van der Waals surface area contributed by atoms with Gasteiger partial charge in [-0.25, -0.2) is 19.9 Å². The van der Waals surface area contributed by atoms with Crippen LogP contribution in [0.4, 0.5) is 0 Å². The average Bonchev–Trinajstić information content (AvgIpc) is 3.90. The van der Waals surface area contributed by atoms with Gasteiger partial charge in [0.05, 0.1) is 27.8 Å². The van der Waals surface area contributed by atoms with Crippen LogP contribution in [-0.4, -0.2) is 28.9 Å². The molecule has 12 aromatic rings. The normalized spacial score (nSPS) is 11.7. The van der Waals surface area contributed by atoms with Gasteiger partial charge in [-0.1, -0.05) is 182 Å². The second kappa shape index (κ2) is 13.7. The molecule has 0 fully saturated rings. The molecule has 0 saturated heterocycles. The van der Waals surface area contributed by atoms with Crippen LogP contribution in [0.2, 0.25) is 0 Å². The minimum atomic E-state index is 0.611. The first-order chi connectivity index (χ1) is 29.8. The zero-order valence-electron chi connectivity index (χ0n) is 32.3. The Hall–Kier alpha value is -8.22. The van der Waals surface area contributed by atoms with Gasteiger partial charge in [0.2, 0.25) is 0 Å². The fourth-order valence-electron chi connectivity index (χ4n) is 8.85. The van der Waals surface area contributed by atoms with Gasteiger partial charge in [0.15, 0.2) is 17.5 Å². The molecule has 0 atom stereocenters. The van der Waals surface area contributed by atoms with Gasteiger partial charge < -0.3 is 4.57 Å². The van der Waals surface area contributed by atoms with Gasteiger partial charge in [0.25, 0.3) is 0 Å². The molecule has 4 aromatic heterocycles. The van der Waals surface area contributed by atoms with Crippen LogP contribution in [0.1, 0.15) is 0 Å². The first-order valence-corrected chi connectivity index (χ1v) is 20.2. The Morgan fingerprint density at radius 2 is 0.750 bits per heavy atom. The van der Waals surface area contributed by atoms with E-state index in [2.05, 4.69) is 155 Å². The fourth-order valence-corrected chi connectivity index (χ4v) is 8.85. The molecule has 280 valence electrons. The molecular weight excluding hydrogens is 733 g/mol. The minimum Gasteiger partial charge on any atom is -0.309 e. The van der Waals surface area contributed by atoms with E-state index in [0.717, 1.165) is 72.3 Å². The Bertz CT molecular complexity index is 3500. The monoisotopic (exact) mass is 766 g/mol. The average molecular weight is 767 g/mol. The number of para-hydroxylation sites is 3. The third-order valence-electron chi connectivity index (χ3n) is 11.5. The molecule has 0 aliphatic rings. The van der Waals surface area contributed by atoms with Gasteiger partial charge >= 0.3 is 0 Å². The third kappa shape index (κ3) is 5.35. The van der Waals surface area contributed by atoms with E-state index in [4.69, 9.17) is 19.9 Å². The third-order valence-corrected chi connectivity index (χ3v) is 11.5. The highest BCUT2D eigenvalue weighted by atomic mass is 15.1. The van der Waals surface area contributed by atoms with Crippen LogP contribution < -0.4 is 0 Å². The van der Waals surface area contributed by atoms with Crippen molar-refractivity contribution in [3.8, 4) is 62.5 Å². The molecule has 6 nitrogen and oxygen atoms in total. The van der Waals surface area contributed by atoms with Crippen molar-refractivity contribution in [3.63, 3.8) is 0 Å². The molecule has 0 bridgehead atoms. The number of hydrogen-bond donors (Lipinski definition) is 0. The van der Waals surface area contributed by atoms with E-state index >= 15 is 0 Å².